The van der Waals surface area contributed by atoms with Crippen molar-refractivity contribution >= 4 is 5.78 Å². The molecule has 5 aliphatic rings. The van der Waals surface area contributed by atoms with Gasteiger partial charge in [0.15, 0.2) is 11.6 Å². The normalized spacial score (nSPS) is 51.0. The van der Waals surface area contributed by atoms with Crippen molar-refractivity contribution in [3.05, 3.63) is 11.6 Å². The number of rotatable bonds is 0. The second kappa shape index (κ2) is 5.17. The van der Waals surface area contributed by atoms with Gasteiger partial charge in [-0.05, 0) is 60.8 Å². The van der Waals surface area contributed by atoms with E-state index in [2.05, 4.69) is 13.8 Å². The van der Waals surface area contributed by atoms with Gasteiger partial charge in [-0.3, -0.25) is 4.79 Å². The van der Waals surface area contributed by atoms with Crippen LogP contribution >= 0.6 is 0 Å². The SMILES string of the molecule is C[C@]12CCC3C(C(=O)C=C4CC5(CC[C@@]43C)OCCO5)C1CCC2O. The Balaban J connectivity index is 1.52. The van der Waals surface area contributed by atoms with Crippen LogP contribution in [0, 0.1) is 28.6 Å². The molecule has 4 unspecified atom stereocenters. The third kappa shape index (κ3) is 2.08. The molecule has 1 N–H and O–H groups in total. The highest BCUT2D eigenvalue weighted by Crippen LogP contribution is 2.65. The van der Waals surface area contributed by atoms with Crippen molar-refractivity contribution in [2.24, 2.45) is 28.6 Å². The van der Waals surface area contributed by atoms with E-state index in [4.69, 9.17) is 9.47 Å². The highest BCUT2D eigenvalue weighted by atomic mass is 16.7. The van der Waals surface area contributed by atoms with Crippen molar-refractivity contribution < 1.29 is 19.4 Å². The van der Waals surface area contributed by atoms with Gasteiger partial charge in [0.1, 0.15) is 0 Å². The van der Waals surface area contributed by atoms with Crippen molar-refractivity contribution in [1.29, 1.82) is 0 Å². The minimum atomic E-state index is -0.467. The number of ether oxygens (including phenoxy) is 2. The summed E-state index contributed by atoms with van der Waals surface area (Å²) in [5.74, 6) is 0.701. The number of aliphatic hydroxyl groups is 1. The van der Waals surface area contributed by atoms with Crippen molar-refractivity contribution in [3.8, 4) is 0 Å². The third-order valence-electron chi connectivity index (χ3n) is 8.72. The van der Waals surface area contributed by atoms with Gasteiger partial charge in [-0.25, -0.2) is 0 Å². The Kier molecular flexibility index (Phi) is 3.41. The lowest BCUT2D eigenvalue weighted by Gasteiger charge is -2.57. The maximum Gasteiger partial charge on any atom is 0.172 e. The van der Waals surface area contributed by atoms with E-state index in [0.717, 1.165) is 44.9 Å². The van der Waals surface area contributed by atoms with Crippen molar-refractivity contribution in [3.63, 3.8) is 0 Å². The molecule has 1 spiro atoms. The molecule has 138 valence electrons. The van der Waals surface area contributed by atoms with Crippen LogP contribution < -0.4 is 0 Å². The first-order valence-corrected chi connectivity index (χ1v) is 10.1. The highest BCUT2D eigenvalue weighted by molar-refractivity contribution is 5.94. The smallest absolute Gasteiger partial charge is 0.172 e. The molecule has 4 heteroatoms. The summed E-state index contributed by atoms with van der Waals surface area (Å²) in [6.45, 7) is 5.93. The Bertz CT molecular complexity index is 634. The van der Waals surface area contributed by atoms with E-state index in [1.165, 1.54) is 5.57 Å². The van der Waals surface area contributed by atoms with E-state index in [-0.39, 0.29) is 22.9 Å². The zero-order valence-corrected chi connectivity index (χ0v) is 15.4. The largest absolute Gasteiger partial charge is 0.393 e. The zero-order valence-electron chi connectivity index (χ0n) is 15.4. The van der Waals surface area contributed by atoms with Crippen LogP contribution in [0.15, 0.2) is 11.6 Å². The molecular weight excluding hydrogens is 316 g/mol. The van der Waals surface area contributed by atoms with E-state index in [1.54, 1.807) is 0 Å². The lowest BCUT2D eigenvalue weighted by Crippen LogP contribution is -2.55. The van der Waals surface area contributed by atoms with Gasteiger partial charge in [0, 0.05) is 18.8 Å². The predicted molar refractivity (Wildman–Crippen MR) is 92.7 cm³/mol. The van der Waals surface area contributed by atoms with Gasteiger partial charge in [-0.15, -0.1) is 0 Å². The van der Waals surface area contributed by atoms with Gasteiger partial charge in [-0.2, -0.15) is 0 Å². The Hall–Kier alpha value is -0.710. The molecule has 0 aromatic heterocycles. The summed E-state index contributed by atoms with van der Waals surface area (Å²) in [6.07, 6.45) is 8.40. The molecule has 4 aliphatic carbocycles. The number of fused-ring (bicyclic) bond motifs is 5. The molecule has 0 amide bonds. The fraction of sp³-hybridized carbons (Fsp3) is 0.857. The van der Waals surface area contributed by atoms with E-state index in [0.29, 0.717) is 30.8 Å². The molecular formula is C21H30O4. The molecule has 1 saturated heterocycles. The van der Waals surface area contributed by atoms with E-state index in [1.807, 2.05) is 6.08 Å². The summed E-state index contributed by atoms with van der Waals surface area (Å²) in [7, 11) is 0. The maximum absolute atomic E-state index is 13.2. The summed E-state index contributed by atoms with van der Waals surface area (Å²) in [5, 5.41) is 10.5. The first-order valence-electron chi connectivity index (χ1n) is 10.1. The van der Waals surface area contributed by atoms with Crippen LogP contribution in [0.2, 0.25) is 0 Å². The maximum atomic E-state index is 13.2. The summed E-state index contributed by atoms with van der Waals surface area (Å²) >= 11 is 0. The molecule has 5 rings (SSSR count). The van der Waals surface area contributed by atoms with E-state index >= 15 is 0 Å². The molecule has 1 heterocycles. The summed E-state index contributed by atoms with van der Waals surface area (Å²) in [4.78, 5) is 13.2. The lowest BCUT2D eigenvalue weighted by molar-refractivity contribution is -0.186. The standard InChI is InChI=1S/C21H30O4/c1-19-7-8-21(24-9-10-25-21)12-13(19)11-16(22)18-14-3-4-17(23)20(14,2)6-5-15(18)19/h11,14-15,17-18,23H,3-10,12H2,1-2H3/t14?,15?,17?,18?,19-,20-/m0/s1. The minimum absolute atomic E-state index is 0.0634. The third-order valence-corrected chi connectivity index (χ3v) is 8.72. The van der Waals surface area contributed by atoms with Crippen LogP contribution in [0.1, 0.15) is 58.8 Å². The minimum Gasteiger partial charge on any atom is -0.393 e. The summed E-state index contributed by atoms with van der Waals surface area (Å²) < 4.78 is 11.9. The first kappa shape index (κ1) is 16.5. The summed E-state index contributed by atoms with van der Waals surface area (Å²) in [6, 6.07) is 0. The van der Waals surface area contributed by atoms with Gasteiger partial charge in [-0.1, -0.05) is 19.4 Å². The van der Waals surface area contributed by atoms with Crippen LogP contribution in [0.3, 0.4) is 0 Å². The quantitative estimate of drug-likeness (QED) is 0.732. The molecule has 0 radical (unpaired) electrons. The van der Waals surface area contributed by atoms with Crippen LogP contribution in [-0.4, -0.2) is 36.0 Å². The average Bonchev–Trinajstić information content (AvgIpc) is 3.15. The van der Waals surface area contributed by atoms with Crippen molar-refractivity contribution in [2.45, 2.75) is 70.7 Å². The Labute approximate surface area is 150 Å². The Morgan fingerprint density at radius 1 is 1.04 bits per heavy atom. The van der Waals surface area contributed by atoms with Gasteiger partial charge in [0.2, 0.25) is 0 Å². The lowest BCUT2D eigenvalue weighted by atomic mass is 9.47. The highest BCUT2D eigenvalue weighted by Gasteiger charge is 2.62. The predicted octanol–water partition coefficient (Wildman–Crippen LogP) is 3.23. The second-order valence-corrected chi connectivity index (χ2v) is 9.65. The molecule has 1 aliphatic heterocycles. The number of carbonyl (C=O) groups excluding carboxylic acids is 1. The number of hydrogen-bond acceptors (Lipinski definition) is 4. The molecule has 4 nitrogen and oxygen atoms in total. The monoisotopic (exact) mass is 346 g/mol. The molecule has 0 bridgehead atoms. The van der Waals surface area contributed by atoms with Crippen molar-refractivity contribution in [1.82, 2.24) is 0 Å². The van der Waals surface area contributed by atoms with Crippen molar-refractivity contribution in [2.75, 3.05) is 13.2 Å². The molecule has 0 aromatic rings. The number of aliphatic hydroxyl groups excluding tert-OH is 1. The Morgan fingerprint density at radius 2 is 1.80 bits per heavy atom. The average molecular weight is 346 g/mol. The molecule has 6 atom stereocenters. The van der Waals surface area contributed by atoms with E-state index in [9.17, 15) is 9.90 Å². The topological polar surface area (TPSA) is 55.8 Å². The van der Waals surface area contributed by atoms with Crippen LogP contribution in [0.4, 0.5) is 0 Å². The van der Waals surface area contributed by atoms with Gasteiger partial charge in [0.05, 0.1) is 19.3 Å². The number of hydrogen-bond donors (Lipinski definition) is 1. The fourth-order valence-electron chi connectivity index (χ4n) is 7.07. The van der Waals surface area contributed by atoms with Crippen LogP contribution in [-0.2, 0) is 14.3 Å². The van der Waals surface area contributed by atoms with Gasteiger partial charge < -0.3 is 14.6 Å². The molecule has 0 aromatic carbocycles. The number of allylic oxidation sites excluding steroid dienone is 1. The molecule has 3 saturated carbocycles. The van der Waals surface area contributed by atoms with Crippen LogP contribution in [0.5, 0.6) is 0 Å². The fourth-order valence-corrected chi connectivity index (χ4v) is 7.07. The van der Waals surface area contributed by atoms with E-state index < -0.39 is 5.79 Å². The number of ketones is 1. The first-order chi connectivity index (χ1) is 11.9. The zero-order chi connectivity index (χ0) is 17.4. The summed E-state index contributed by atoms with van der Waals surface area (Å²) in [5.41, 5.74) is 1.29. The Morgan fingerprint density at radius 3 is 2.56 bits per heavy atom. The number of carbonyl (C=O) groups is 1. The molecule has 25 heavy (non-hydrogen) atoms. The van der Waals surface area contributed by atoms with Gasteiger partial charge in [0.25, 0.3) is 0 Å². The van der Waals surface area contributed by atoms with Gasteiger partial charge >= 0.3 is 0 Å². The second-order valence-electron chi connectivity index (χ2n) is 9.65. The molecule has 4 fully saturated rings. The van der Waals surface area contributed by atoms with Crippen LogP contribution in [0.25, 0.3) is 0 Å².